The number of aryl methyl sites for hydroxylation is 1. The van der Waals surface area contributed by atoms with Gasteiger partial charge in [-0.1, -0.05) is 22.9 Å². The largest absolute Gasteiger partial charge is 0.273 e. The number of nitrogens with one attached hydrogen (secondary N) is 1. The predicted octanol–water partition coefficient (Wildman–Crippen LogP) is 3.12. The Morgan fingerprint density at radius 1 is 1.41 bits per heavy atom. The van der Waals surface area contributed by atoms with Crippen molar-refractivity contribution < 1.29 is 8.42 Å². The van der Waals surface area contributed by atoms with Crippen molar-refractivity contribution in [2.45, 2.75) is 11.1 Å². The number of sulfonamides is 1. The molecule has 0 spiro atoms. The van der Waals surface area contributed by atoms with Gasteiger partial charge in [-0.2, -0.15) is 0 Å². The smallest absolute Gasteiger partial charge is 0.253 e. The Bertz CT molecular complexity index is 632. The summed E-state index contributed by atoms with van der Waals surface area (Å²) in [5, 5.41) is 8.71. The summed E-state index contributed by atoms with van der Waals surface area (Å²) in [5.41, 5.74) is 0. The Morgan fingerprint density at radius 3 is 2.59 bits per heavy atom. The molecule has 0 aliphatic heterocycles. The number of nitrogens with zero attached hydrogens (tertiary/aromatic N) is 2. The number of thiophene rings is 1. The van der Waals surface area contributed by atoms with Crippen molar-refractivity contribution in [2.75, 3.05) is 4.72 Å². The van der Waals surface area contributed by atoms with E-state index in [0.29, 0.717) is 13.8 Å². The minimum Gasteiger partial charge on any atom is -0.253 e. The van der Waals surface area contributed by atoms with E-state index >= 15 is 0 Å². The molecule has 0 atom stereocenters. The highest BCUT2D eigenvalue weighted by Crippen LogP contribution is 2.35. The summed E-state index contributed by atoms with van der Waals surface area (Å²) in [6.45, 7) is 1.74. The average molecular weight is 375 g/mol. The summed E-state index contributed by atoms with van der Waals surface area (Å²) in [5.74, 6) is 0. The van der Waals surface area contributed by atoms with Gasteiger partial charge in [0.2, 0.25) is 5.13 Å². The number of anilines is 1. The third-order valence-electron chi connectivity index (χ3n) is 1.64. The van der Waals surface area contributed by atoms with Gasteiger partial charge >= 0.3 is 0 Å². The van der Waals surface area contributed by atoms with Crippen LogP contribution >= 0.6 is 50.2 Å². The fraction of sp³-hybridized carbons (Fsp3) is 0.143. The normalized spacial score (nSPS) is 11.7. The number of rotatable bonds is 3. The Balaban J connectivity index is 2.31. The highest BCUT2D eigenvalue weighted by molar-refractivity contribution is 9.11. The zero-order valence-corrected chi connectivity index (χ0v) is 13.1. The minimum absolute atomic E-state index is 0.127. The number of hydrogen-bond donors (Lipinski definition) is 1. The molecule has 0 radical (unpaired) electrons. The molecule has 1 N–H and O–H groups in total. The lowest BCUT2D eigenvalue weighted by molar-refractivity contribution is 0.603. The molecule has 0 bridgehead atoms. The zero-order valence-electron chi connectivity index (χ0n) is 8.27. The van der Waals surface area contributed by atoms with E-state index < -0.39 is 10.0 Å². The molecule has 0 unspecified atom stereocenters. The van der Waals surface area contributed by atoms with Gasteiger partial charge in [-0.25, -0.2) is 8.42 Å². The second kappa shape index (κ2) is 4.81. The lowest BCUT2D eigenvalue weighted by Crippen LogP contribution is -2.11. The van der Waals surface area contributed by atoms with Crippen molar-refractivity contribution in [2.24, 2.45) is 0 Å². The Kier molecular flexibility index (Phi) is 3.74. The summed E-state index contributed by atoms with van der Waals surface area (Å²) in [6.07, 6.45) is 0. The summed E-state index contributed by atoms with van der Waals surface area (Å²) >= 11 is 11.2. The van der Waals surface area contributed by atoms with Gasteiger partial charge in [0.25, 0.3) is 10.0 Å². The summed E-state index contributed by atoms with van der Waals surface area (Å²) in [4.78, 5) is 0. The standard InChI is InChI=1S/C7H5BrClN3O2S3/c1-3-10-11-7(15-3)12-17(13,14)5-2-4(9)6(8)16-5/h2H,1H3,(H,11,12). The van der Waals surface area contributed by atoms with Crippen LogP contribution in [-0.2, 0) is 10.0 Å². The molecule has 2 rings (SSSR count). The van der Waals surface area contributed by atoms with E-state index in [9.17, 15) is 8.42 Å². The van der Waals surface area contributed by atoms with E-state index in [1.54, 1.807) is 6.92 Å². The monoisotopic (exact) mass is 373 g/mol. The first-order valence-corrected chi connectivity index (χ1v) is 8.45. The average Bonchev–Trinajstić information content (AvgIpc) is 2.75. The van der Waals surface area contributed by atoms with Crippen LogP contribution in [0.3, 0.4) is 0 Å². The number of aromatic nitrogens is 2. The van der Waals surface area contributed by atoms with E-state index in [0.717, 1.165) is 11.3 Å². The van der Waals surface area contributed by atoms with E-state index in [-0.39, 0.29) is 9.34 Å². The fourth-order valence-corrected chi connectivity index (χ4v) is 5.18. The van der Waals surface area contributed by atoms with Crippen LogP contribution in [0.5, 0.6) is 0 Å². The highest BCUT2D eigenvalue weighted by Gasteiger charge is 2.20. The van der Waals surface area contributed by atoms with Crippen molar-refractivity contribution in [1.82, 2.24) is 10.2 Å². The van der Waals surface area contributed by atoms with Crippen molar-refractivity contribution in [3.8, 4) is 0 Å². The Labute approximate surface area is 119 Å². The molecular formula is C7H5BrClN3O2S3. The Morgan fingerprint density at radius 2 is 2.12 bits per heavy atom. The van der Waals surface area contributed by atoms with Crippen LogP contribution in [-0.4, -0.2) is 18.6 Å². The quantitative estimate of drug-likeness (QED) is 0.896. The molecule has 2 aromatic heterocycles. The van der Waals surface area contributed by atoms with E-state index in [1.807, 2.05) is 0 Å². The first kappa shape index (κ1) is 13.2. The van der Waals surface area contributed by atoms with E-state index in [1.165, 1.54) is 17.4 Å². The SMILES string of the molecule is Cc1nnc(NS(=O)(=O)c2cc(Cl)c(Br)s2)s1. The van der Waals surface area contributed by atoms with E-state index in [4.69, 9.17) is 11.6 Å². The molecule has 10 heteroatoms. The maximum absolute atomic E-state index is 11.9. The molecule has 0 saturated carbocycles. The molecule has 5 nitrogen and oxygen atoms in total. The van der Waals surface area contributed by atoms with Crippen LogP contribution in [0.25, 0.3) is 0 Å². The molecule has 0 aliphatic rings. The number of hydrogen-bond acceptors (Lipinski definition) is 6. The summed E-state index contributed by atoms with van der Waals surface area (Å²) < 4.78 is 26.9. The maximum Gasteiger partial charge on any atom is 0.273 e. The second-order valence-electron chi connectivity index (χ2n) is 2.92. The lowest BCUT2D eigenvalue weighted by Gasteiger charge is -2.00. The summed E-state index contributed by atoms with van der Waals surface area (Å²) in [6, 6.07) is 1.38. The van der Waals surface area contributed by atoms with E-state index in [2.05, 4.69) is 30.8 Å². The topological polar surface area (TPSA) is 72.0 Å². The molecule has 2 heterocycles. The highest BCUT2D eigenvalue weighted by atomic mass is 79.9. The van der Waals surface area contributed by atoms with Gasteiger partial charge in [-0.3, -0.25) is 4.72 Å². The lowest BCUT2D eigenvalue weighted by atomic mass is 10.7. The molecule has 0 aliphatic carbocycles. The molecule has 0 aromatic carbocycles. The maximum atomic E-state index is 11.9. The molecular weight excluding hydrogens is 370 g/mol. The van der Waals surface area contributed by atoms with Crippen molar-refractivity contribution in [3.63, 3.8) is 0 Å². The molecule has 0 saturated heterocycles. The summed E-state index contributed by atoms with van der Waals surface area (Å²) in [7, 11) is -3.64. The Hall–Kier alpha value is -0.220. The minimum atomic E-state index is -3.64. The van der Waals surface area contributed by atoms with Gasteiger partial charge in [0.1, 0.15) is 9.22 Å². The van der Waals surface area contributed by atoms with Crippen molar-refractivity contribution in [1.29, 1.82) is 0 Å². The number of halogens is 2. The molecule has 2 aromatic rings. The van der Waals surface area contributed by atoms with Gasteiger partial charge < -0.3 is 0 Å². The van der Waals surface area contributed by atoms with Crippen LogP contribution in [0, 0.1) is 6.92 Å². The molecule has 92 valence electrons. The third kappa shape index (κ3) is 2.97. The molecule has 0 amide bonds. The van der Waals surface area contributed by atoms with Gasteiger partial charge in [-0.15, -0.1) is 21.5 Å². The van der Waals surface area contributed by atoms with Crippen LogP contribution in [0.2, 0.25) is 5.02 Å². The first-order chi connectivity index (χ1) is 7.88. The van der Waals surface area contributed by atoms with Gasteiger partial charge in [0.15, 0.2) is 0 Å². The predicted molar refractivity (Wildman–Crippen MR) is 72.5 cm³/mol. The van der Waals surface area contributed by atoms with Crippen LogP contribution < -0.4 is 4.72 Å². The van der Waals surface area contributed by atoms with Crippen molar-refractivity contribution in [3.05, 3.63) is 19.9 Å². The third-order valence-corrected chi connectivity index (χ3v) is 6.81. The molecule has 17 heavy (non-hydrogen) atoms. The first-order valence-electron chi connectivity index (χ1n) is 4.16. The van der Waals surface area contributed by atoms with Crippen LogP contribution in [0.4, 0.5) is 5.13 Å². The molecule has 0 fully saturated rings. The van der Waals surface area contributed by atoms with Crippen molar-refractivity contribution >= 4 is 65.4 Å². The fourth-order valence-electron chi connectivity index (χ4n) is 0.962. The van der Waals surface area contributed by atoms with Crippen LogP contribution in [0.1, 0.15) is 5.01 Å². The van der Waals surface area contributed by atoms with Gasteiger partial charge in [0, 0.05) is 0 Å². The zero-order chi connectivity index (χ0) is 12.6. The van der Waals surface area contributed by atoms with Gasteiger partial charge in [0.05, 0.1) is 8.81 Å². The van der Waals surface area contributed by atoms with Crippen LogP contribution in [0.15, 0.2) is 14.1 Å². The van der Waals surface area contributed by atoms with Gasteiger partial charge in [-0.05, 0) is 28.9 Å². The second-order valence-corrected chi connectivity index (χ2v) is 8.79.